The van der Waals surface area contributed by atoms with Crippen LogP contribution in [0.4, 0.5) is 5.69 Å². The molecule has 2 rings (SSSR count). The molecule has 5 nitrogen and oxygen atoms in total. The number of carboxylic acid groups (broad SMARTS) is 2. The average molecular weight is 390 g/mol. The molecule has 156 valence electrons. The Morgan fingerprint density at radius 3 is 2.25 bits per heavy atom. The van der Waals surface area contributed by atoms with E-state index in [0.717, 1.165) is 31.5 Å². The Morgan fingerprint density at radius 1 is 1.18 bits per heavy atom. The van der Waals surface area contributed by atoms with Crippen molar-refractivity contribution in [1.29, 1.82) is 0 Å². The summed E-state index contributed by atoms with van der Waals surface area (Å²) in [6.07, 6.45) is 9.04. The second-order valence-electron chi connectivity index (χ2n) is 7.70. The van der Waals surface area contributed by atoms with Gasteiger partial charge in [-0.3, -0.25) is 9.59 Å². The van der Waals surface area contributed by atoms with E-state index in [1.807, 2.05) is 49.1 Å². The first-order valence-electron chi connectivity index (χ1n) is 10.2. The number of benzene rings is 1. The fourth-order valence-electron chi connectivity index (χ4n) is 3.84. The van der Waals surface area contributed by atoms with Crippen LogP contribution in [0, 0.1) is 11.3 Å². The summed E-state index contributed by atoms with van der Waals surface area (Å²) in [4.78, 5) is 23.7. The summed E-state index contributed by atoms with van der Waals surface area (Å²) in [5.41, 5.74) is 0.388. The van der Waals surface area contributed by atoms with Crippen LogP contribution >= 0.6 is 0 Å². The molecule has 0 bridgehead atoms. The number of allylic oxidation sites excluding steroid dienone is 1. The molecule has 2 N–H and O–H groups in total. The third-order valence-corrected chi connectivity index (χ3v) is 5.50. The Labute approximate surface area is 169 Å². The number of carboxylic acids is 2. The van der Waals surface area contributed by atoms with Crippen molar-refractivity contribution in [2.75, 3.05) is 18.0 Å². The molecule has 1 unspecified atom stereocenters. The van der Waals surface area contributed by atoms with Crippen molar-refractivity contribution in [2.24, 2.45) is 11.3 Å². The monoisotopic (exact) mass is 389 g/mol. The Bertz CT molecular complexity index is 610. The molecule has 1 fully saturated rings. The van der Waals surface area contributed by atoms with E-state index in [4.69, 9.17) is 5.11 Å². The first kappa shape index (κ1) is 23.7. The molecule has 1 aliphatic rings. The zero-order valence-corrected chi connectivity index (χ0v) is 17.3. The van der Waals surface area contributed by atoms with Gasteiger partial charge in [0.15, 0.2) is 0 Å². The Kier molecular flexibility index (Phi) is 10.4. The lowest BCUT2D eigenvalue weighted by Crippen LogP contribution is -2.36. The van der Waals surface area contributed by atoms with Gasteiger partial charge in [-0.15, -0.1) is 6.58 Å². The van der Waals surface area contributed by atoms with E-state index < -0.39 is 17.4 Å². The largest absolute Gasteiger partial charge is 0.481 e. The normalized spacial score (nSPS) is 16.2. The maximum Gasteiger partial charge on any atom is 0.323 e. The Morgan fingerprint density at radius 2 is 1.79 bits per heavy atom. The lowest BCUT2D eigenvalue weighted by atomic mass is 9.68. The molecule has 1 aliphatic carbocycles. The minimum Gasteiger partial charge on any atom is -0.481 e. The van der Waals surface area contributed by atoms with Crippen molar-refractivity contribution in [3.05, 3.63) is 43.0 Å². The van der Waals surface area contributed by atoms with Crippen LogP contribution in [-0.4, -0.2) is 35.2 Å². The van der Waals surface area contributed by atoms with E-state index in [2.05, 4.69) is 6.58 Å². The molecule has 1 atom stereocenters. The SMILES string of the molecule is C=CCC(C)(C(=O)O)C1CCCCC1.CCCN(CC(=O)O)c1ccccc1. The summed E-state index contributed by atoms with van der Waals surface area (Å²) >= 11 is 0. The smallest absolute Gasteiger partial charge is 0.323 e. The molecule has 1 saturated carbocycles. The molecular formula is C23H35NO4. The van der Waals surface area contributed by atoms with E-state index in [1.54, 1.807) is 6.08 Å². The van der Waals surface area contributed by atoms with Crippen molar-refractivity contribution < 1.29 is 19.8 Å². The highest BCUT2D eigenvalue weighted by molar-refractivity contribution is 5.75. The van der Waals surface area contributed by atoms with Gasteiger partial charge in [-0.05, 0) is 50.7 Å². The van der Waals surface area contributed by atoms with Crippen molar-refractivity contribution in [3.8, 4) is 0 Å². The molecular weight excluding hydrogens is 354 g/mol. The summed E-state index contributed by atoms with van der Waals surface area (Å²) in [6, 6.07) is 9.62. The zero-order valence-electron chi connectivity index (χ0n) is 17.3. The van der Waals surface area contributed by atoms with E-state index in [9.17, 15) is 14.7 Å². The molecule has 0 radical (unpaired) electrons. The molecule has 0 aromatic heterocycles. The molecule has 0 saturated heterocycles. The fraction of sp³-hybridized carbons (Fsp3) is 0.565. The van der Waals surface area contributed by atoms with Gasteiger partial charge in [0.1, 0.15) is 6.54 Å². The molecule has 1 aromatic rings. The van der Waals surface area contributed by atoms with Crippen molar-refractivity contribution in [3.63, 3.8) is 0 Å². The average Bonchev–Trinajstić information content (AvgIpc) is 2.69. The fourth-order valence-corrected chi connectivity index (χ4v) is 3.84. The van der Waals surface area contributed by atoms with E-state index in [1.165, 1.54) is 19.3 Å². The summed E-state index contributed by atoms with van der Waals surface area (Å²) in [7, 11) is 0. The predicted molar refractivity (Wildman–Crippen MR) is 114 cm³/mol. The van der Waals surface area contributed by atoms with E-state index in [-0.39, 0.29) is 6.54 Å². The van der Waals surface area contributed by atoms with Gasteiger partial charge in [0, 0.05) is 12.2 Å². The summed E-state index contributed by atoms with van der Waals surface area (Å²) in [5, 5.41) is 18.0. The van der Waals surface area contributed by atoms with Crippen molar-refractivity contribution in [2.45, 2.75) is 58.8 Å². The van der Waals surface area contributed by atoms with Crippen LogP contribution in [0.25, 0.3) is 0 Å². The minimum atomic E-state index is -0.790. The number of carbonyl (C=O) groups is 2. The Balaban J connectivity index is 0.000000280. The highest BCUT2D eigenvalue weighted by Crippen LogP contribution is 2.41. The van der Waals surface area contributed by atoms with Gasteiger partial charge < -0.3 is 15.1 Å². The first-order valence-corrected chi connectivity index (χ1v) is 10.2. The van der Waals surface area contributed by atoms with Gasteiger partial charge in [-0.1, -0.05) is 50.5 Å². The Hall–Kier alpha value is -2.30. The van der Waals surface area contributed by atoms with Gasteiger partial charge in [0.2, 0.25) is 0 Å². The molecule has 1 aromatic carbocycles. The number of hydrogen-bond acceptors (Lipinski definition) is 3. The molecule has 0 aliphatic heterocycles. The topological polar surface area (TPSA) is 77.8 Å². The van der Waals surface area contributed by atoms with Gasteiger partial charge in [0.25, 0.3) is 0 Å². The van der Waals surface area contributed by atoms with E-state index >= 15 is 0 Å². The predicted octanol–water partition coefficient (Wildman–Crippen LogP) is 5.22. The van der Waals surface area contributed by atoms with Gasteiger partial charge in [-0.2, -0.15) is 0 Å². The summed E-state index contributed by atoms with van der Waals surface area (Å²) in [6.45, 7) is 8.41. The quantitative estimate of drug-likeness (QED) is 0.566. The zero-order chi connectivity index (χ0) is 21.0. The van der Waals surface area contributed by atoms with Gasteiger partial charge in [-0.25, -0.2) is 0 Å². The van der Waals surface area contributed by atoms with Crippen LogP contribution in [0.15, 0.2) is 43.0 Å². The number of aliphatic carboxylic acids is 2. The second-order valence-corrected chi connectivity index (χ2v) is 7.70. The first-order chi connectivity index (χ1) is 13.3. The van der Waals surface area contributed by atoms with Crippen molar-refractivity contribution >= 4 is 17.6 Å². The van der Waals surface area contributed by atoms with Crippen LogP contribution in [0.5, 0.6) is 0 Å². The highest BCUT2D eigenvalue weighted by atomic mass is 16.4. The molecule has 5 heteroatoms. The minimum absolute atomic E-state index is 0.0673. The standard InChI is InChI=1S/C12H20O2.C11H15NO2/c1-3-9-12(2,11(13)14)10-7-5-4-6-8-10;1-2-8-12(9-11(13)14)10-6-4-3-5-7-10/h3,10H,1,4-9H2,2H3,(H,13,14);3-7H,2,8-9H2,1H3,(H,13,14). The van der Waals surface area contributed by atoms with Gasteiger partial charge in [0.05, 0.1) is 5.41 Å². The van der Waals surface area contributed by atoms with Crippen LogP contribution in [0.3, 0.4) is 0 Å². The maximum absolute atomic E-state index is 11.3. The third-order valence-electron chi connectivity index (χ3n) is 5.50. The van der Waals surface area contributed by atoms with E-state index in [0.29, 0.717) is 12.3 Å². The number of para-hydroxylation sites is 1. The van der Waals surface area contributed by atoms with Crippen LogP contribution in [0.1, 0.15) is 58.8 Å². The summed E-state index contributed by atoms with van der Waals surface area (Å²) in [5.74, 6) is -1.11. The molecule has 0 spiro atoms. The van der Waals surface area contributed by atoms with Gasteiger partial charge >= 0.3 is 11.9 Å². The number of anilines is 1. The molecule has 0 heterocycles. The number of hydrogen-bond donors (Lipinski definition) is 2. The second kappa shape index (κ2) is 12.2. The molecule has 28 heavy (non-hydrogen) atoms. The van der Waals surface area contributed by atoms with Crippen LogP contribution in [0.2, 0.25) is 0 Å². The molecule has 0 amide bonds. The number of rotatable bonds is 9. The van der Waals surface area contributed by atoms with Crippen LogP contribution < -0.4 is 4.90 Å². The van der Waals surface area contributed by atoms with Crippen molar-refractivity contribution in [1.82, 2.24) is 0 Å². The maximum atomic E-state index is 11.3. The van der Waals surface area contributed by atoms with Crippen LogP contribution in [-0.2, 0) is 9.59 Å². The lowest BCUT2D eigenvalue weighted by Gasteiger charge is -2.35. The third kappa shape index (κ3) is 7.37. The summed E-state index contributed by atoms with van der Waals surface area (Å²) < 4.78 is 0. The number of nitrogens with zero attached hydrogens (tertiary/aromatic N) is 1. The highest BCUT2D eigenvalue weighted by Gasteiger charge is 2.40. The lowest BCUT2D eigenvalue weighted by molar-refractivity contribution is -0.152.